The first-order valence-electron chi connectivity index (χ1n) is 9.69. The summed E-state index contributed by atoms with van der Waals surface area (Å²) in [6.45, 7) is 5.33. The Bertz CT molecular complexity index is 778. The molecule has 2 aliphatic heterocycles. The summed E-state index contributed by atoms with van der Waals surface area (Å²) in [5, 5.41) is 0. The number of aryl methyl sites for hydroxylation is 1. The number of amides is 1. The summed E-state index contributed by atoms with van der Waals surface area (Å²) < 4.78 is 0. The summed E-state index contributed by atoms with van der Waals surface area (Å²) in [7, 11) is 2.02. The number of carbonyl (C=O) groups is 1. The maximum atomic E-state index is 12.9. The first kappa shape index (κ1) is 17.3. The van der Waals surface area contributed by atoms with E-state index in [0.717, 1.165) is 38.9 Å². The molecule has 1 spiro atoms. The van der Waals surface area contributed by atoms with Gasteiger partial charge in [0.15, 0.2) is 0 Å². The Morgan fingerprint density at radius 3 is 2.35 bits per heavy atom. The molecule has 26 heavy (non-hydrogen) atoms. The number of hydrogen-bond donors (Lipinski definition) is 0. The number of benzene rings is 2. The van der Waals surface area contributed by atoms with E-state index in [0.29, 0.717) is 5.91 Å². The van der Waals surface area contributed by atoms with E-state index in [-0.39, 0.29) is 11.5 Å². The molecular weight excluding hydrogens is 320 g/mol. The number of piperidine rings is 1. The van der Waals surface area contributed by atoms with Crippen molar-refractivity contribution in [3.05, 3.63) is 71.3 Å². The Morgan fingerprint density at radius 2 is 1.65 bits per heavy atom. The average Bonchev–Trinajstić information content (AvgIpc) is 2.92. The van der Waals surface area contributed by atoms with Crippen LogP contribution in [0.4, 0.5) is 0 Å². The smallest absolute Gasteiger partial charge is 0.230 e. The quantitative estimate of drug-likeness (QED) is 0.838. The van der Waals surface area contributed by atoms with Crippen LogP contribution in [-0.4, -0.2) is 41.4 Å². The van der Waals surface area contributed by atoms with Crippen LogP contribution < -0.4 is 0 Å². The van der Waals surface area contributed by atoms with Crippen LogP contribution in [0.2, 0.25) is 0 Å². The van der Waals surface area contributed by atoms with Crippen molar-refractivity contribution in [2.24, 2.45) is 0 Å². The second-order valence-corrected chi connectivity index (χ2v) is 7.99. The van der Waals surface area contributed by atoms with E-state index in [1.807, 2.05) is 25.2 Å². The molecule has 4 rings (SSSR count). The zero-order valence-corrected chi connectivity index (χ0v) is 15.8. The van der Waals surface area contributed by atoms with Gasteiger partial charge in [0.25, 0.3) is 0 Å². The maximum absolute atomic E-state index is 12.9. The molecule has 136 valence electrons. The van der Waals surface area contributed by atoms with Gasteiger partial charge in [-0.3, -0.25) is 9.69 Å². The fourth-order valence-electron chi connectivity index (χ4n) is 4.71. The molecule has 2 heterocycles. The number of likely N-dealkylation sites (N-methyl/N-ethyl adjacent to an activating group) is 1. The Hall–Kier alpha value is -2.13. The largest absolute Gasteiger partial charge is 0.339 e. The highest BCUT2D eigenvalue weighted by molar-refractivity contribution is 5.87. The van der Waals surface area contributed by atoms with Crippen LogP contribution in [0.5, 0.6) is 0 Å². The highest BCUT2D eigenvalue weighted by atomic mass is 16.2. The second-order valence-electron chi connectivity index (χ2n) is 7.99. The molecule has 2 aromatic rings. The third kappa shape index (κ3) is 3.05. The molecule has 3 nitrogen and oxygen atoms in total. The van der Waals surface area contributed by atoms with Crippen molar-refractivity contribution in [2.75, 3.05) is 20.1 Å². The standard InChI is InChI=1S/C23H28N2O/c1-18-8-6-7-11-20(18)17-25-14-12-23(13-15-25)16-21(22(26)24(23)2)19-9-4-3-5-10-19/h3-11,21H,12-17H2,1-2H3. The van der Waals surface area contributed by atoms with Crippen molar-refractivity contribution in [1.29, 1.82) is 0 Å². The number of rotatable bonds is 3. The van der Waals surface area contributed by atoms with Gasteiger partial charge >= 0.3 is 0 Å². The molecule has 0 bridgehead atoms. The number of carbonyl (C=O) groups excluding carboxylic acids is 1. The minimum atomic E-state index is 0.0316. The third-order valence-corrected chi connectivity index (χ3v) is 6.57. The van der Waals surface area contributed by atoms with E-state index in [9.17, 15) is 4.79 Å². The summed E-state index contributed by atoms with van der Waals surface area (Å²) in [5.41, 5.74) is 4.00. The van der Waals surface area contributed by atoms with Crippen LogP contribution in [0.3, 0.4) is 0 Å². The van der Waals surface area contributed by atoms with Gasteiger partial charge in [0.05, 0.1) is 5.92 Å². The highest BCUT2D eigenvalue weighted by Gasteiger charge is 2.50. The molecule has 0 aromatic heterocycles. The van der Waals surface area contributed by atoms with Crippen LogP contribution in [0.25, 0.3) is 0 Å². The van der Waals surface area contributed by atoms with E-state index in [1.54, 1.807) is 0 Å². The van der Waals surface area contributed by atoms with Crippen molar-refractivity contribution in [2.45, 2.75) is 44.2 Å². The first-order valence-corrected chi connectivity index (χ1v) is 9.69. The van der Waals surface area contributed by atoms with Gasteiger partial charge in [0.2, 0.25) is 5.91 Å². The summed E-state index contributed by atoms with van der Waals surface area (Å²) in [6, 6.07) is 19.0. The normalized spacial score (nSPS) is 22.9. The van der Waals surface area contributed by atoms with E-state index in [4.69, 9.17) is 0 Å². The SMILES string of the molecule is Cc1ccccc1CN1CCC2(CC1)CC(c1ccccc1)C(=O)N2C. The summed E-state index contributed by atoms with van der Waals surface area (Å²) in [4.78, 5) is 17.5. The monoisotopic (exact) mass is 348 g/mol. The number of hydrogen-bond acceptors (Lipinski definition) is 2. The number of likely N-dealkylation sites (tertiary alicyclic amines) is 2. The van der Waals surface area contributed by atoms with Crippen LogP contribution >= 0.6 is 0 Å². The molecule has 2 saturated heterocycles. The van der Waals surface area contributed by atoms with Crippen molar-refractivity contribution < 1.29 is 4.79 Å². The topological polar surface area (TPSA) is 23.6 Å². The molecule has 1 atom stereocenters. The molecule has 1 amide bonds. The lowest BCUT2D eigenvalue weighted by Crippen LogP contribution is -2.51. The first-order chi connectivity index (χ1) is 12.6. The van der Waals surface area contributed by atoms with Crippen molar-refractivity contribution in [1.82, 2.24) is 9.80 Å². The average molecular weight is 348 g/mol. The fourth-order valence-corrected chi connectivity index (χ4v) is 4.71. The van der Waals surface area contributed by atoms with Gasteiger partial charge in [-0.1, -0.05) is 54.6 Å². The maximum Gasteiger partial charge on any atom is 0.230 e. The molecule has 2 fully saturated rings. The lowest BCUT2D eigenvalue weighted by atomic mass is 9.81. The van der Waals surface area contributed by atoms with Gasteiger partial charge in [0.1, 0.15) is 0 Å². The van der Waals surface area contributed by atoms with Gasteiger partial charge < -0.3 is 4.90 Å². The molecule has 0 N–H and O–H groups in total. The van der Waals surface area contributed by atoms with Gasteiger partial charge in [-0.15, -0.1) is 0 Å². The minimum absolute atomic E-state index is 0.0316. The lowest BCUT2D eigenvalue weighted by Gasteiger charge is -2.43. The number of nitrogens with zero attached hydrogens (tertiary/aromatic N) is 2. The van der Waals surface area contributed by atoms with Gasteiger partial charge in [0, 0.05) is 32.2 Å². The zero-order chi connectivity index (χ0) is 18.1. The molecule has 3 heteroatoms. The van der Waals surface area contributed by atoms with E-state index < -0.39 is 0 Å². The van der Waals surface area contributed by atoms with Crippen molar-refractivity contribution >= 4 is 5.91 Å². The molecule has 2 aromatic carbocycles. The molecule has 0 saturated carbocycles. The predicted octanol–water partition coefficient (Wildman–Crippen LogP) is 3.98. The van der Waals surface area contributed by atoms with Gasteiger partial charge in [-0.25, -0.2) is 0 Å². The third-order valence-electron chi connectivity index (χ3n) is 6.57. The van der Waals surface area contributed by atoms with E-state index >= 15 is 0 Å². The van der Waals surface area contributed by atoms with E-state index in [2.05, 4.69) is 53.1 Å². The second kappa shape index (κ2) is 6.88. The molecule has 0 aliphatic carbocycles. The Kier molecular flexibility index (Phi) is 4.58. The Labute approximate surface area is 156 Å². The minimum Gasteiger partial charge on any atom is -0.339 e. The lowest BCUT2D eigenvalue weighted by molar-refractivity contribution is -0.131. The molecular formula is C23H28N2O. The summed E-state index contributed by atoms with van der Waals surface area (Å²) in [5.74, 6) is 0.327. The van der Waals surface area contributed by atoms with Gasteiger partial charge in [-0.2, -0.15) is 0 Å². The molecule has 0 radical (unpaired) electrons. The predicted molar refractivity (Wildman–Crippen MR) is 105 cm³/mol. The molecule has 1 unspecified atom stereocenters. The van der Waals surface area contributed by atoms with Crippen molar-refractivity contribution in [3.8, 4) is 0 Å². The van der Waals surface area contributed by atoms with Gasteiger partial charge in [-0.05, 0) is 42.9 Å². The van der Waals surface area contributed by atoms with Crippen LogP contribution in [-0.2, 0) is 11.3 Å². The Morgan fingerprint density at radius 1 is 1.00 bits per heavy atom. The highest BCUT2D eigenvalue weighted by Crippen LogP contribution is 2.44. The summed E-state index contributed by atoms with van der Waals surface area (Å²) >= 11 is 0. The van der Waals surface area contributed by atoms with E-state index in [1.165, 1.54) is 16.7 Å². The Balaban J connectivity index is 1.45. The fraction of sp³-hybridized carbons (Fsp3) is 0.435. The molecule has 2 aliphatic rings. The van der Waals surface area contributed by atoms with Crippen molar-refractivity contribution in [3.63, 3.8) is 0 Å². The summed E-state index contributed by atoms with van der Waals surface area (Å²) in [6.07, 6.45) is 3.11. The zero-order valence-electron chi connectivity index (χ0n) is 15.8. The van der Waals surface area contributed by atoms with Crippen LogP contribution in [0, 0.1) is 6.92 Å². The van der Waals surface area contributed by atoms with Crippen LogP contribution in [0.1, 0.15) is 41.9 Å². The van der Waals surface area contributed by atoms with Crippen LogP contribution in [0.15, 0.2) is 54.6 Å².